The van der Waals surface area contributed by atoms with Crippen LogP contribution in [0.5, 0.6) is 0 Å². The summed E-state index contributed by atoms with van der Waals surface area (Å²) in [4.78, 5) is 0. The Bertz CT molecular complexity index is 1340. The molecule has 5 aromatic rings. The monoisotopic (exact) mass is 419 g/mol. The Balaban J connectivity index is 0.00000180. The molecule has 5 rings (SSSR count). The fraction of sp³-hybridized carbons (Fsp3) is 0.0769. The van der Waals surface area contributed by atoms with Crippen LogP contribution < -0.4 is 0 Å². The van der Waals surface area contributed by atoms with Crippen molar-refractivity contribution < 1.29 is 32.7 Å². The first-order chi connectivity index (χ1) is 12.7. The van der Waals surface area contributed by atoms with Crippen LogP contribution in [-0.2, 0) is 32.7 Å². The van der Waals surface area contributed by atoms with Gasteiger partial charge in [0.15, 0.2) is 0 Å². The van der Waals surface area contributed by atoms with E-state index in [-0.39, 0.29) is 32.7 Å². The Morgan fingerprint density at radius 2 is 1.22 bits per heavy atom. The van der Waals surface area contributed by atoms with E-state index < -0.39 is 0 Å². The summed E-state index contributed by atoms with van der Waals surface area (Å²) in [6.07, 6.45) is 3.26. The third-order valence-corrected chi connectivity index (χ3v) is 5.34. The van der Waals surface area contributed by atoms with Crippen molar-refractivity contribution in [3.63, 3.8) is 0 Å². The van der Waals surface area contributed by atoms with Crippen molar-refractivity contribution in [2.24, 2.45) is 0 Å². The van der Waals surface area contributed by atoms with Crippen molar-refractivity contribution in [1.29, 1.82) is 0 Å². The van der Waals surface area contributed by atoms with Gasteiger partial charge in [0.25, 0.3) is 0 Å². The molecule has 0 N–H and O–H groups in total. The minimum Gasteiger partial charge on any atom is -0.327 e. The molecular formula is C26H18Y-2. The van der Waals surface area contributed by atoms with Gasteiger partial charge in [0, 0.05) is 32.7 Å². The van der Waals surface area contributed by atoms with Crippen LogP contribution in [0.25, 0.3) is 48.7 Å². The van der Waals surface area contributed by atoms with Gasteiger partial charge in [-0.2, -0.15) is 11.5 Å². The second-order valence-corrected chi connectivity index (χ2v) is 6.91. The zero-order chi connectivity index (χ0) is 17.7. The summed E-state index contributed by atoms with van der Waals surface area (Å²) in [5.74, 6) is 0. The average molecular weight is 419 g/mol. The molecule has 0 bridgehead atoms. The van der Waals surface area contributed by atoms with E-state index in [2.05, 4.69) is 85.8 Å². The minimum absolute atomic E-state index is 0. The van der Waals surface area contributed by atoms with Crippen molar-refractivity contribution in [2.75, 3.05) is 0 Å². The smallest absolute Gasteiger partial charge is 0 e. The molecule has 5 aromatic carbocycles. The molecule has 0 aliphatic carbocycles. The number of allylic oxidation sites excluding steroid dienone is 2. The fourth-order valence-electron chi connectivity index (χ4n) is 3.84. The summed E-state index contributed by atoms with van der Waals surface area (Å²) in [6, 6.07) is 29.9. The van der Waals surface area contributed by atoms with Crippen molar-refractivity contribution in [2.45, 2.75) is 13.8 Å². The summed E-state index contributed by atoms with van der Waals surface area (Å²) in [7, 11) is 0. The predicted molar refractivity (Wildman–Crippen MR) is 113 cm³/mol. The van der Waals surface area contributed by atoms with Gasteiger partial charge in [-0.05, 0) is 56.6 Å². The SMILES string of the molecule is C[C-]=C(C)c1[c-]ccc2cc3cc4cc5ccccc5cc4cc3cc12.[Y]. The van der Waals surface area contributed by atoms with Gasteiger partial charge in [-0.1, -0.05) is 30.3 Å². The molecule has 27 heavy (non-hydrogen) atoms. The van der Waals surface area contributed by atoms with Crippen LogP contribution in [0.2, 0.25) is 0 Å². The van der Waals surface area contributed by atoms with Crippen LogP contribution in [0.15, 0.2) is 72.8 Å². The van der Waals surface area contributed by atoms with Crippen molar-refractivity contribution in [3.8, 4) is 0 Å². The van der Waals surface area contributed by atoms with E-state index >= 15 is 0 Å². The van der Waals surface area contributed by atoms with E-state index in [1.807, 2.05) is 13.0 Å². The maximum absolute atomic E-state index is 3.39. The Morgan fingerprint density at radius 3 is 1.81 bits per heavy atom. The fourth-order valence-corrected chi connectivity index (χ4v) is 3.84. The van der Waals surface area contributed by atoms with Gasteiger partial charge in [0.2, 0.25) is 0 Å². The predicted octanol–water partition coefficient (Wildman–Crippen LogP) is 7.32. The van der Waals surface area contributed by atoms with Crippen LogP contribution in [0.4, 0.5) is 0 Å². The first kappa shape index (κ1) is 18.4. The number of hydrogen-bond donors (Lipinski definition) is 0. The molecule has 0 aliphatic heterocycles. The first-order valence-corrected chi connectivity index (χ1v) is 8.95. The normalized spacial score (nSPS) is 12.0. The van der Waals surface area contributed by atoms with E-state index in [1.54, 1.807) is 0 Å². The molecule has 0 spiro atoms. The molecule has 127 valence electrons. The van der Waals surface area contributed by atoms with Gasteiger partial charge < -0.3 is 11.6 Å². The van der Waals surface area contributed by atoms with Gasteiger partial charge in [0.1, 0.15) is 0 Å². The summed E-state index contributed by atoms with van der Waals surface area (Å²) < 4.78 is 0. The summed E-state index contributed by atoms with van der Waals surface area (Å²) in [5, 5.41) is 10.2. The maximum Gasteiger partial charge on any atom is 0 e. The van der Waals surface area contributed by atoms with E-state index in [4.69, 9.17) is 0 Å². The molecule has 0 saturated carbocycles. The second-order valence-electron chi connectivity index (χ2n) is 6.91. The van der Waals surface area contributed by atoms with Crippen molar-refractivity contribution in [3.05, 3.63) is 90.5 Å². The molecular weight excluding hydrogens is 401 g/mol. The standard InChI is InChI=1S/C26H18.Y/c1-3-17(2)25-10-6-9-20-13-23-14-21-11-18-7-4-5-8-19(18)12-22(21)15-24(23)16-26(20)25;/h4-9,11-16H,1-2H3;/q-2;. The summed E-state index contributed by atoms with van der Waals surface area (Å²) >= 11 is 0. The Labute approximate surface area is 184 Å². The molecule has 0 saturated heterocycles. The molecule has 0 heterocycles. The van der Waals surface area contributed by atoms with Crippen molar-refractivity contribution >= 4 is 48.7 Å². The maximum atomic E-state index is 3.39. The van der Waals surface area contributed by atoms with Crippen LogP contribution in [0.3, 0.4) is 0 Å². The molecule has 0 fully saturated rings. The number of benzene rings is 5. The van der Waals surface area contributed by atoms with Gasteiger partial charge >= 0.3 is 0 Å². The minimum atomic E-state index is 0. The van der Waals surface area contributed by atoms with E-state index in [1.165, 1.54) is 43.1 Å². The molecule has 0 nitrogen and oxygen atoms in total. The topological polar surface area (TPSA) is 0 Å². The van der Waals surface area contributed by atoms with E-state index in [9.17, 15) is 0 Å². The largest absolute Gasteiger partial charge is 0.327 e. The summed E-state index contributed by atoms with van der Waals surface area (Å²) in [5.41, 5.74) is 2.28. The molecule has 1 heteroatoms. The van der Waals surface area contributed by atoms with Crippen LogP contribution in [0.1, 0.15) is 19.4 Å². The zero-order valence-corrected chi connectivity index (χ0v) is 18.3. The van der Waals surface area contributed by atoms with Crippen LogP contribution in [0, 0.1) is 12.1 Å². The average Bonchev–Trinajstić information content (AvgIpc) is 2.68. The van der Waals surface area contributed by atoms with E-state index in [0.29, 0.717) is 0 Å². The van der Waals surface area contributed by atoms with E-state index in [0.717, 1.165) is 11.1 Å². The summed E-state index contributed by atoms with van der Waals surface area (Å²) in [6.45, 7) is 4.06. The van der Waals surface area contributed by atoms with Gasteiger partial charge in [-0.25, -0.2) is 6.07 Å². The molecule has 0 aromatic heterocycles. The Hall–Kier alpha value is -2.02. The van der Waals surface area contributed by atoms with Crippen molar-refractivity contribution in [1.82, 2.24) is 0 Å². The first-order valence-electron chi connectivity index (χ1n) is 8.95. The zero-order valence-electron chi connectivity index (χ0n) is 15.5. The van der Waals surface area contributed by atoms with Crippen LogP contribution >= 0.6 is 0 Å². The van der Waals surface area contributed by atoms with Crippen LogP contribution in [-0.4, -0.2) is 0 Å². The van der Waals surface area contributed by atoms with Gasteiger partial charge in [-0.15, -0.1) is 31.4 Å². The second kappa shape index (κ2) is 7.19. The molecule has 0 amide bonds. The third-order valence-electron chi connectivity index (χ3n) is 5.34. The third kappa shape index (κ3) is 3.12. The number of hydrogen-bond acceptors (Lipinski definition) is 0. The molecule has 0 unspecified atom stereocenters. The number of fused-ring (bicyclic) bond motifs is 4. The molecule has 1 radical (unpaired) electrons. The Morgan fingerprint density at radius 1 is 0.704 bits per heavy atom. The number of rotatable bonds is 1. The quantitative estimate of drug-likeness (QED) is 0.197. The van der Waals surface area contributed by atoms with Gasteiger partial charge in [0.05, 0.1) is 0 Å². The Kier molecular flexibility index (Phi) is 4.89. The van der Waals surface area contributed by atoms with Gasteiger partial charge in [-0.3, -0.25) is 5.56 Å². The molecule has 0 aliphatic rings. The molecule has 0 atom stereocenters.